The van der Waals surface area contributed by atoms with Gasteiger partial charge in [0.05, 0.1) is 5.52 Å². The van der Waals surface area contributed by atoms with Gasteiger partial charge >= 0.3 is 6.09 Å². The summed E-state index contributed by atoms with van der Waals surface area (Å²) in [6, 6.07) is 7.11. The number of aromatic nitrogens is 1. The molecule has 0 aliphatic rings. The molecule has 0 aliphatic heterocycles. The van der Waals surface area contributed by atoms with Crippen LogP contribution in [0.5, 0.6) is 0 Å². The van der Waals surface area contributed by atoms with E-state index in [-0.39, 0.29) is 0 Å². The molecular weight excluding hydrogens is 242 g/mol. The van der Waals surface area contributed by atoms with Gasteiger partial charge in [0.1, 0.15) is 5.60 Å². The summed E-state index contributed by atoms with van der Waals surface area (Å²) in [5.74, 6) is 0. The van der Waals surface area contributed by atoms with Crippen LogP contribution in [0.2, 0.25) is 0 Å². The first-order chi connectivity index (χ1) is 8.83. The molecule has 0 saturated heterocycles. The van der Waals surface area contributed by atoms with E-state index in [1.807, 2.05) is 33.8 Å². The molecule has 0 amide bonds. The maximum Gasteiger partial charge on any atom is 0.419 e. The number of carbonyl (C=O) groups excluding carboxylic acids is 2. The Hall–Kier alpha value is -2.10. The number of hydrogen-bond donors (Lipinski definition) is 0. The molecule has 100 valence electrons. The summed E-state index contributed by atoms with van der Waals surface area (Å²) in [5.41, 5.74) is 1.46. The van der Waals surface area contributed by atoms with Gasteiger partial charge in [0.25, 0.3) is 0 Å². The molecule has 0 radical (unpaired) electrons. The predicted octanol–water partition coefficient (Wildman–Crippen LogP) is 3.55. The number of nitrogens with zero attached hydrogens (tertiary/aromatic N) is 1. The second-order valence-electron chi connectivity index (χ2n) is 5.50. The molecule has 0 fully saturated rings. The van der Waals surface area contributed by atoms with Crippen LogP contribution in [0.4, 0.5) is 4.79 Å². The van der Waals surface area contributed by atoms with Crippen LogP contribution in [0.1, 0.15) is 36.8 Å². The molecule has 4 nitrogen and oxygen atoms in total. The number of carbonyl (C=O) groups is 2. The third kappa shape index (κ3) is 2.52. The molecule has 0 bridgehead atoms. The minimum Gasteiger partial charge on any atom is -0.443 e. The highest BCUT2D eigenvalue weighted by Gasteiger charge is 2.21. The van der Waals surface area contributed by atoms with E-state index < -0.39 is 11.7 Å². The third-order valence-electron chi connectivity index (χ3n) is 2.77. The monoisotopic (exact) mass is 259 g/mol. The van der Waals surface area contributed by atoms with Gasteiger partial charge in [-0.15, -0.1) is 0 Å². The Morgan fingerprint density at radius 2 is 2.00 bits per heavy atom. The lowest BCUT2D eigenvalue weighted by Gasteiger charge is -2.20. The highest BCUT2D eigenvalue weighted by Crippen LogP contribution is 2.23. The fraction of sp³-hybridized carbons (Fsp3) is 0.333. The summed E-state index contributed by atoms with van der Waals surface area (Å²) < 4.78 is 6.87. The molecule has 1 heterocycles. The number of aldehydes is 1. The van der Waals surface area contributed by atoms with Crippen molar-refractivity contribution in [2.45, 2.75) is 33.3 Å². The van der Waals surface area contributed by atoms with Crippen LogP contribution < -0.4 is 0 Å². The highest BCUT2D eigenvalue weighted by atomic mass is 16.6. The Balaban J connectivity index is 2.58. The van der Waals surface area contributed by atoms with Crippen molar-refractivity contribution in [3.8, 4) is 0 Å². The quantitative estimate of drug-likeness (QED) is 0.736. The van der Waals surface area contributed by atoms with Crippen LogP contribution in [0.3, 0.4) is 0 Å². The minimum atomic E-state index is -0.553. The number of rotatable bonds is 1. The molecule has 1 aromatic heterocycles. The van der Waals surface area contributed by atoms with E-state index in [0.29, 0.717) is 11.1 Å². The molecule has 19 heavy (non-hydrogen) atoms. The minimum absolute atomic E-state index is 0.428. The van der Waals surface area contributed by atoms with E-state index in [9.17, 15) is 9.59 Å². The van der Waals surface area contributed by atoms with Gasteiger partial charge in [-0.3, -0.25) is 4.79 Å². The lowest BCUT2D eigenvalue weighted by molar-refractivity contribution is 0.0541. The zero-order chi connectivity index (χ0) is 14.2. The Morgan fingerprint density at radius 3 is 2.58 bits per heavy atom. The van der Waals surface area contributed by atoms with Crippen molar-refractivity contribution in [3.63, 3.8) is 0 Å². The molecule has 0 aliphatic carbocycles. The molecule has 2 aromatic rings. The number of benzene rings is 1. The van der Waals surface area contributed by atoms with Crippen LogP contribution in [-0.4, -0.2) is 22.5 Å². The summed E-state index contributed by atoms with van der Waals surface area (Å²) in [4.78, 5) is 23.2. The van der Waals surface area contributed by atoms with Crippen molar-refractivity contribution in [2.24, 2.45) is 0 Å². The van der Waals surface area contributed by atoms with Crippen molar-refractivity contribution < 1.29 is 14.3 Å². The Labute approximate surface area is 112 Å². The lowest BCUT2D eigenvalue weighted by atomic mass is 10.1. The van der Waals surface area contributed by atoms with E-state index >= 15 is 0 Å². The van der Waals surface area contributed by atoms with Crippen LogP contribution in [0, 0.1) is 6.92 Å². The van der Waals surface area contributed by atoms with Crippen LogP contribution in [0.25, 0.3) is 10.9 Å². The Kier molecular flexibility index (Phi) is 3.18. The lowest BCUT2D eigenvalue weighted by Crippen LogP contribution is -2.27. The SMILES string of the molecule is Cc1cc2c(C=O)cccc2n1C(=O)OC(C)(C)C. The zero-order valence-corrected chi connectivity index (χ0v) is 11.6. The third-order valence-corrected chi connectivity index (χ3v) is 2.77. The first-order valence-electron chi connectivity index (χ1n) is 6.13. The van der Waals surface area contributed by atoms with E-state index in [0.717, 1.165) is 17.4 Å². The highest BCUT2D eigenvalue weighted by molar-refractivity contribution is 6.00. The van der Waals surface area contributed by atoms with Crippen molar-refractivity contribution in [1.29, 1.82) is 0 Å². The summed E-state index contributed by atoms with van der Waals surface area (Å²) in [6.45, 7) is 7.28. The molecule has 0 unspecified atom stereocenters. The first kappa shape index (κ1) is 13.3. The Bertz CT molecular complexity index is 647. The molecule has 1 aromatic carbocycles. The van der Waals surface area contributed by atoms with Crippen LogP contribution >= 0.6 is 0 Å². The van der Waals surface area contributed by atoms with Crippen LogP contribution in [-0.2, 0) is 4.74 Å². The average Bonchev–Trinajstić information content (AvgIpc) is 2.62. The van der Waals surface area contributed by atoms with Crippen molar-refractivity contribution in [1.82, 2.24) is 4.57 Å². The number of hydrogen-bond acceptors (Lipinski definition) is 3. The van der Waals surface area contributed by atoms with Gasteiger partial charge in [-0.1, -0.05) is 12.1 Å². The van der Waals surface area contributed by atoms with Gasteiger partial charge in [0.15, 0.2) is 6.29 Å². The van der Waals surface area contributed by atoms with Crippen molar-refractivity contribution in [3.05, 3.63) is 35.5 Å². The second-order valence-corrected chi connectivity index (χ2v) is 5.50. The molecule has 0 spiro atoms. The van der Waals surface area contributed by atoms with Gasteiger partial charge in [0.2, 0.25) is 0 Å². The van der Waals surface area contributed by atoms with Crippen molar-refractivity contribution >= 4 is 23.3 Å². The summed E-state index contributed by atoms with van der Waals surface area (Å²) in [7, 11) is 0. The average molecular weight is 259 g/mol. The van der Waals surface area contributed by atoms with E-state index in [2.05, 4.69) is 0 Å². The number of ether oxygens (including phenoxy) is 1. The number of aryl methyl sites for hydroxylation is 1. The number of fused-ring (bicyclic) bond motifs is 1. The molecule has 0 atom stereocenters. The smallest absolute Gasteiger partial charge is 0.419 e. The van der Waals surface area contributed by atoms with Gasteiger partial charge in [0, 0.05) is 16.6 Å². The predicted molar refractivity (Wildman–Crippen MR) is 73.7 cm³/mol. The largest absolute Gasteiger partial charge is 0.443 e. The first-order valence-corrected chi connectivity index (χ1v) is 6.13. The molecule has 4 heteroatoms. The van der Waals surface area contributed by atoms with E-state index in [4.69, 9.17) is 4.74 Å². The second kappa shape index (κ2) is 4.53. The van der Waals surface area contributed by atoms with Crippen molar-refractivity contribution in [2.75, 3.05) is 0 Å². The standard InChI is InChI=1S/C15H17NO3/c1-10-8-12-11(9-17)6-5-7-13(12)16(10)14(18)19-15(2,3)4/h5-9H,1-4H3. The van der Waals surface area contributed by atoms with Gasteiger partial charge < -0.3 is 4.74 Å². The van der Waals surface area contributed by atoms with Gasteiger partial charge in [-0.25, -0.2) is 9.36 Å². The van der Waals surface area contributed by atoms with Gasteiger partial charge in [-0.2, -0.15) is 0 Å². The van der Waals surface area contributed by atoms with Gasteiger partial charge in [-0.05, 0) is 39.8 Å². The molecule has 2 rings (SSSR count). The maximum absolute atomic E-state index is 12.2. The zero-order valence-electron chi connectivity index (χ0n) is 11.6. The molecule has 0 N–H and O–H groups in total. The fourth-order valence-corrected chi connectivity index (χ4v) is 2.04. The van der Waals surface area contributed by atoms with E-state index in [1.165, 1.54) is 4.57 Å². The summed E-state index contributed by atoms with van der Waals surface area (Å²) in [6.07, 6.45) is 0.365. The maximum atomic E-state index is 12.2. The topological polar surface area (TPSA) is 48.3 Å². The van der Waals surface area contributed by atoms with Crippen LogP contribution in [0.15, 0.2) is 24.3 Å². The Morgan fingerprint density at radius 1 is 1.32 bits per heavy atom. The summed E-state index contributed by atoms with van der Waals surface area (Å²) >= 11 is 0. The molecule has 0 saturated carbocycles. The molecular formula is C15H17NO3. The normalized spacial score (nSPS) is 11.6. The van der Waals surface area contributed by atoms with E-state index in [1.54, 1.807) is 18.2 Å². The summed E-state index contributed by atoms with van der Waals surface area (Å²) in [5, 5.41) is 0.765. The fourth-order valence-electron chi connectivity index (χ4n) is 2.04.